The zero-order valence-corrected chi connectivity index (χ0v) is 12.2. The van der Waals surface area contributed by atoms with Crippen LogP contribution in [0.3, 0.4) is 0 Å². The smallest absolute Gasteiger partial charge is 0.266 e. The van der Waals surface area contributed by atoms with Gasteiger partial charge < -0.3 is 9.42 Å². The second-order valence-electron chi connectivity index (χ2n) is 5.51. The molecule has 118 valence electrons. The SMILES string of the molecule is Cc1nc(CC2CCCN(c3ncc(C(F)F)cn3)C2)no1. The lowest BCUT2D eigenvalue weighted by atomic mass is 9.95. The Bertz CT molecular complexity index is 616. The Hall–Kier alpha value is -2.12. The van der Waals surface area contributed by atoms with E-state index in [9.17, 15) is 8.78 Å². The number of piperidine rings is 1. The molecular formula is C14H17F2N5O. The Balaban J connectivity index is 1.64. The van der Waals surface area contributed by atoms with Crippen molar-refractivity contribution in [3.05, 3.63) is 29.7 Å². The van der Waals surface area contributed by atoms with E-state index in [2.05, 4.69) is 20.1 Å². The Morgan fingerprint density at radius 2 is 2.14 bits per heavy atom. The number of anilines is 1. The molecule has 2 aromatic rings. The van der Waals surface area contributed by atoms with Crippen molar-refractivity contribution in [1.29, 1.82) is 0 Å². The second kappa shape index (κ2) is 6.33. The lowest BCUT2D eigenvalue weighted by Gasteiger charge is -2.32. The van der Waals surface area contributed by atoms with E-state index in [1.165, 1.54) is 12.4 Å². The predicted octanol–water partition coefficient (Wildman–Crippen LogP) is 2.56. The quantitative estimate of drug-likeness (QED) is 0.864. The maximum Gasteiger partial charge on any atom is 0.266 e. The number of nitrogens with zero attached hydrogens (tertiary/aromatic N) is 5. The van der Waals surface area contributed by atoms with Gasteiger partial charge in [0.2, 0.25) is 11.8 Å². The maximum absolute atomic E-state index is 12.5. The number of hydrogen-bond donors (Lipinski definition) is 0. The third-order valence-electron chi connectivity index (χ3n) is 3.75. The number of aryl methyl sites for hydroxylation is 1. The van der Waals surface area contributed by atoms with Crippen LogP contribution in [0.15, 0.2) is 16.9 Å². The highest BCUT2D eigenvalue weighted by atomic mass is 19.3. The minimum absolute atomic E-state index is 0.153. The zero-order chi connectivity index (χ0) is 15.5. The van der Waals surface area contributed by atoms with Crippen molar-refractivity contribution in [3.63, 3.8) is 0 Å². The summed E-state index contributed by atoms with van der Waals surface area (Å²) in [5.74, 6) is 2.15. The fourth-order valence-electron chi connectivity index (χ4n) is 2.70. The second-order valence-corrected chi connectivity index (χ2v) is 5.51. The summed E-state index contributed by atoms with van der Waals surface area (Å²) >= 11 is 0. The monoisotopic (exact) mass is 309 g/mol. The third-order valence-corrected chi connectivity index (χ3v) is 3.75. The summed E-state index contributed by atoms with van der Waals surface area (Å²) in [5, 5.41) is 3.92. The molecule has 8 heteroatoms. The molecule has 1 unspecified atom stereocenters. The molecule has 1 saturated heterocycles. The minimum Gasteiger partial charge on any atom is -0.341 e. The zero-order valence-electron chi connectivity index (χ0n) is 12.2. The van der Waals surface area contributed by atoms with Gasteiger partial charge in [-0.2, -0.15) is 4.98 Å². The number of aromatic nitrogens is 4. The molecule has 6 nitrogen and oxygen atoms in total. The van der Waals surface area contributed by atoms with E-state index >= 15 is 0 Å². The first-order chi connectivity index (χ1) is 10.6. The molecule has 1 atom stereocenters. The van der Waals surface area contributed by atoms with E-state index in [0.29, 0.717) is 23.6 Å². The average molecular weight is 309 g/mol. The lowest BCUT2D eigenvalue weighted by molar-refractivity contribution is 0.150. The first kappa shape index (κ1) is 14.8. The van der Waals surface area contributed by atoms with Crippen molar-refractivity contribution in [2.75, 3.05) is 18.0 Å². The van der Waals surface area contributed by atoms with Gasteiger partial charge in [-0.3, -0.25) is 0 Å². The maximum atomic E-state index is 12.5. The van der Waals surface area contributed by atoms with Crippen LogP contribution >= 0.6 is 0 Å². The number of rotatable bonds is 4. The van der Waals surface area contributed by atoms with Gasteiger partial charge in [0.15, 0.2) is 5.82 Å². The standard InChI is InChI=1S/C14H17F2N5O/c1-9-19-12(20-22-9)5-10-3-2-4-21(8-10)14-17-6-11(7-18-14)13(15)16/h6-7,10,13H,2-5,8H2,1H3. The van der Waals surface area contributed by atoms with Crippen molar-refractivity contribution in [3.8, 4) is 0 Å². The highest BCUT2D eigenvalue weighted by Crippen LogP contribution is 2.24. The summed E-state index contributed by atoms with van der Waals surface area (Å²) < 4.78 is 30.0. The van der Waals surface area contributed by atoms with E-state index in [-0.39, 0.29) is 5.56 Å². The lowest BCUT2D eigenvalue weighted by Crippen LogP contribution is -2.37. The van der Waals surface area contributed by atoms with E-state index < -0.39 is 6.43 Å². The summed E-state index contributed by atoms with van der Waals surface area (Å²) in [4.78, 5) is 14.4. The average Bonchev–Trinajstić information content (AvgIpc) is 2.93. The minimum atomic E-state index is -2.54. The van der Waals surface area contributed by atoms with Gasteiger partial charge in [-0.05, 0) is 18.8 Å². The van der Waals surface area contributed by atoms with Gasteiger partial charge in [-0.25, -0.2) is 18.7 Å². The van der Waals surface area contributed by atoms with Gasteiger partial charge in [-0.1, -0.05) is 5.16 Å². The topological polar surface area (TPSA) is 67.9 Å². The first-order valence-corrected chi connectivity index (χ1v) is 7.26. The van der Waals surface area contributed by atoms with Gasteiger partial charge in [0.25, 0.3) is 6.43 Å². The highest BCUT2D eigenvalue weighted by Gasteiger charge is 2.23. The third kappa shape index (κ3) is 3.37. The molecule has 0 amide bonds. The van der Waals surface area contributed by atoms with Crippen molar-refractivity contribution < 1.29 is 13.3 Å². The normalized spacial score (nSPS) is 18.9. The molecule has 3 rings (SSSR count). The number of hydrogen-bond acceptors (Lipinski definition) is 6. The molecule has 0 N–H and O–H groups in total. The molecule has 1 aliphatic heterocycles. The molecule has 0 spiro atoms. The van der Waals surface area contributed by atoms with Crippen LogP contribution in [-0.2, 0) is 6.42 Å². The van der Waals surface area contributed by atoms with Crippen molar-refractivity contribution >= 4 is 5.95 Å². The van der Waals surface area contributed by atoms with E-state index in [1.54, 1.807) is 6.92 Å². The summed E-state index contributed by atoms with van der Waals surface area (Å²) in [6, 6.07) is 0. The number of alkyl halides is 2. The van der Waals surface area contributed by atoms with Gasteiger partial charge in [0.1, 0.15) is 0 Å². The van der Waals surface area contributed by atoms with E-state index in [4.69, 9.17) is 4.52 Å². The van der Waals surface area contributed by atoms with E-state index in [0.717, 1.165) is 32.4 Å². The summed E-state index contributed by atoms with van der Waals surface area (Å²) in [7, 11) is 0. The Morgan fingerprint density at radius 1 is 1.36 bits per heavy atom. The molecule has 2 aromatic heterocycles. The molecule has 22 heavy (non-hydrogen) atoms. The van der Waals surface area contributed by atoms with Crippen molar-refractivity contribution in [2.24, 2.45) is 5.92 Å². The summed E-state index contributed by atoms with van der Waals surface area (Å²) in [6.45, 7) is 3.36. The van der Waals surface area contributed by atoms with Gasteiger partial charge in [0.05, 0.1) is 5.56 Å². The van der Waals surface area contributed by atoms with Crippen LogP contribution in [0.1, 0.15) is 36.5 Å². The molecule has 0 radical (unpaired) electrons. The Morgan fingerprint density at radius 3 is 2.77 bits per heavy atom. The highest BCUT2D eigenvalue weighted by molar-refractivity contribution is 5.31. The molecule has 3 heterocycles. The number of halogens is 2. The first-order valence-electron chi connectivity index (χ1n) is 7.26. The van der Waals surface area contributed by atoms with Gasteiger partial charge in [0, 0.05) is 38.8 Å². The molecule has 0 bridgehead atoms. The van der Waals surface area contributed by atoms with E-state index in [1.807, 2.05) is 4.90 Å². The Labute approximate surface area is 126 Å². The molecule has 0 aliphatic carbocycles. The van der Waals surface area contributed by atoms with Crippen LogP contribution in [0.5, 0.6) is 0 Å². The van der Waals surface area contributed by atoms with Crippen LogP contribution in [0.25, 0.3) is 0 Å². The summed E-state index contributed by atoms with van der Waals surface area (Å²) in [6.07, 6.45) is 2.66. The largest absolute Gasteiger partial charge is 0.341 e. The van der Waals surface area contributed by atoms with Crippen molar-refractivity contribution in [1.82, 2.24) is 20.1 Å². The fraction of sp³-hybridized carbons (Fsp3) is 0.571. The van der Waals surface area contributed by atoms with Crippen LogP contribution in [0.2, 0.25) is 0 Å². The fourth-order valence-corrected chi connectivity index (χ4v) is 2.70. The Kier molecular flexibility index (Phi) is 4.26. The molecule has 1 fully saturated rings. The predicted molar refractivity (Wildman–Crippen MR) is 74.7 cm³/mol. The molecule has 1 aliphatic rings. The summed E-state index contributed by atoms with van der Waals surface area (Å²) in [5.41, 5.74) is -0.153. The van der Waals surface area contributed by atoms with Gasteiger partial charge in [-0.15, -0.1) is 0 Å². The molecule has 0 saturated carbocycles. The van der Waals surface area contributed by atoms with Gasteiger partial charge >= 0.3 is 0 Å². The van der Waals surface area contributed by atoms with Crippen LogP contribution in [-0.4, -0.2) is 33.2 Å². The molecule has 0 aromatic carbocycles. The van der Waals surface area contributed by atoms with Crippen molar-refractivity contribution in [2.45, 2.75) is 32.6 Å². The van der Waals surface area contributed by atoms with Crippen LogP contribution < -0.4 is 4.90 Å². The molecular weight excluding hydrogens is 292 g/mol. The van der Waals surface area contributed by atoms with Crippen LogP contribution in [0, 0.1) is 12.8 Å². The van der Waals surface area contributed by atoms with Crippen LogP contribution in [0.4, 0.5) is 14.7 Å².